The van der Waals surface area contributed by atoms with Gasteiger partial charge in [-0.3, -0.25) is 29.0 Å². The number of Topliss-reactive ketones (excluding diaryl/α,β-unsaturated/α-hetero) is 1. The second-order valence-corrected chi connectivity index (χ2v) is 15.6. The zero-order valence-electron chi connectivity index (χ0n) is 32.1. The number of nitrogens with two attached hydrogens (primary N) is 2. The smallest absolute Gasteiger partial charge is 0.243 e. The molecule has 2 aromatic heterocycles. The number of thiazole rings is 2. The number of nitrogens with one attached hydrogen (secondary N) is 3. The van der Waals surface area contributed by atoms with Gasteiger partial charge >= 0.3 is 0 Å². The van der Waals surface area contributed by atoms with Crippen molar-refractivity contribution >= 4 is 68.1 Å². The van der Waals surface area contributed by atoms with Crippen LogP contribution in [0.4, 0.5) is 0 Å². The average Bonchev–Trinajstić information content (AvgIpc) is 3.94. The fraction of sp³-hybridized carbons (Fsp3) is 0.227. The van der Waals surface area contributed by atoms with Gasteiger partial charge in [0, 0.05) is 42.3 Å². The number of aromatic nitrogens is 2. The predicted octanol–water partition coefficient (Wildman–Crippen LogP) is 4.79. The molecule has 0 spiro atoms. The number of carbonyl (C=O) groups is 5. The molecule has 0 saturated carbocycles. The van der Waals surface area contributed by atoms with E-state index in [2.05, 4.69) is 30.9 Å². The molecule has 6 aromatic rings. The first-order valence-electron chi connectivity index (χ1n) is 19.1. The molecule has 15 heteroatoms. The van der Waals surface area contributed by atoms with E-state index in [0.29, 0.717) is 40.7 Å². The van der Waals surface area contributed by atoms with Crippen LogP contribution < -0.4 is 27.4 Å². The number of benzene rings is 4. The van der Waals surface area contributed by atoms with Crippen LogP contribution in [-0.2, 0) is 33.6 Å². The maximum Gasteiger partial charge on any atom is 0.243 e. The summed E-state index contributed by atoms with van der Waals surface area (Å²) in [5.74, 6) is -2.24. The molecule has 0 fully saturated rings. The molecule has 0 aliphatic heterocycles. The minimum Gasteiger partial charge on any atom is -0.370 e. The number of guanidine groups is 1. The van der Waals surface area contributed by atoms with E-state index in [-0.39, 0.29) is 54.9 Å². The van der Waals surface area contributed by atoms with E-state index in [1.807, 2.05) is 60.7 Å². The normalized spacial score (nSPS) is 12.5. The second-order valence-electron chi connectivity index (χ2n) is 13.8. The molecule has 0 bridgehead atoms. The Balaban J connectivity index is 1.25. The van der Waals surface area contributed by atoms with Crippen LogP contribution in [0.5, 0.6) is 0 Å². The molecule has 2 heterocycles. The van der Waals surface area contributed by atoms with Crippen LogP contribution in [0.3, 0.4) is 0 Å². The number of amides is 3. The number of para-hydroxylation sites is 1. The summed E-state index contributed by atoms with van der Waals surface area (Å²) in [5, 5.41) is 10.6. The Hall–Kier alpha value is -6.58. The highest BCUT2D eigenvalue weighted by Gasteiger charge is 2.31. The zero-order chi connectivity index (χ0) is 41.6. The molecule has 0 unspecified atom stereocenters. The summed E-state index contributed by atoms with van der Waals surface area (Å²) in [4.78, 5) is 82.0. The highest BCUT2D eigenvalue weighted by atomic mass is 32.1. The molecule has 0 radical (unpaired) electrons. The summed E-state index contributed by atoms with van der Waals surface area (Å²) < 4.78 is 0.817. The first kappa shape index (κ1) is 42.0. The Morgan fingerprint density at radius 2 is 1.34 bits per heavy atom. The van der Waals surface area contributed by atoms with Crippen molar-refractivity contribution in [2.75, 3.05) is 6.54 Å². The topological polar surface area (TPSA) is 212 Å². The summed E-state index contributed by atoms with van der Waals surface area (Å²) in [6.45, 7) is 0.221. The number of carbonyl (C=O) groups excluding carboxylic acids is 5. The van der Waals surface area contributed by atoms with Crippen molar-refractivity contribution in [3.63, 3.8) is 0 Å². The number of aryl methyl sites for hydroxylation is 1. The lowest BCUT2D eigenvalue weighted by Gasteiger charge is -2.25. The van der Waals surface area contributed by atoms with Gasteiger partial charge in [0.05, 0.1) is 27.5 Å². The molecular formula is C44H44N8O5S2. The van der Waals surface area contributed by atoms with Gasteiger partial charge < -0.3 is 27.4 Å². The summed E-state index contributed by atoms with van der Waals surface area (Å²) in [7, 11) is 0. The third kappa shape index (κ3) is 12.2. The van der Waals surface area contributed by atoms with Gasteiger partial charge in [-0.1, -0.05) is 97.1 Å². The van der Waals surface area contributed by atoms with Crippen molar-refractivity contribution in [3.05, 3.63) is 153 Å². The number of hydrogen-bond acceptors (Lipinski definition) is 10. The van der Waals surface area contributed by atoms with Gasteiger partial charge in [-0.05, 0) is 42.5 Å². The van der Waals surface area contributed by atoms with Gasteiger partial charge in [0.2, 0.25) is 23.5 Å². The fourth-order valence-electron chi connectivity index (χ4n) is 6.36. The van der Waals surface area contributed by atoms with Gasteiger partial charge in [0.15, 0.2) is 16.8 Å². The first-order valence-corrected chi connectivity index (χ1v) is 20.8. The monoisotopic (exact) mass is 828 g/mol. The standard InChI is InChI=1S/C44H44N8O5S2/c45-44(46)47-23-9-15-34(40(55)43-52-33-14-7-8-16-37(33)59-43)50-41(56)35(24-29-17-20-31(21-18-29)39(54)30-12-5-2-6-13-30)51-42(57)36(25-32-26-58-27-48-32)49-38(53)22-19-28-10-3-1-4-11-28/h1-8,10-14,16-18,20-21,26-27,34-36H,9,15,19,22-25H2,(H,49,53)(H,50,56)(H,51,57)(H4,45,46,47)/t34-,35-,36-/m0/s1. The molecule has 7 N–H and O–H groups in total. The van der Waals surface area contributed by atoms with Crippen molar-refractivity contribution in [2.45, 2.75) is 56.7 Å². The minimum atomic E-state index is -1.21. The van der Waals surface area contributed by atoms with Crippen LogP contribution in [-0.4, -0.2) is 69.9 Å². The average molecular weight is 829 g/mol. The van der Waals surface area contributed by atoms with E-state index in [4.69, 9.17) is 11.5 Å². The highest BCUT2D eigenvalue weighted by molar-refractivity contribution is 7.20. The maximum absolute atomic E-state index is 14.4. The van der Waals surface area contributed by atoms with Gasteiger partial charge in [-0.15, -0.1) is 22.7 Å². The van der Waals surface area contributed by atoms with Crippen LogP contribution in [0.25, 0.3) is 10.2 Å². The predicted molar refractivity (Wildman–Crippen MR) is 230 cm³/mol. The number of ketones is 2. The Labute approximate surface area is 349 Å². The number of aliphatic imine (C=N–C) groups is 1. The Kier molecular flexibility index (Phi) is 14.8. The molecule has 6 rings (SSSR count). The summed E-state index contributed by atoms with van der Waals surface area (Å²) in [5.41, 5.74) is 16.6. The highest BCUT2D eigenvalue weighted by Crippen LogP contribution is 2.24. The zero-order valence-corrected chi connectivity index (χ0v) is 33.7. The van der Waals surface area contributed by atoms with Crippen LogP contribution >= 0.6 is 22.7 Å². The molecule has 4 aromatic carbocycles. The third-order valence-corrected chi connectivity index (χ3v) is 11.1. The number of nitrogens with zero attached hydrogens (tertiary/aromatic N) is 3. The van der Waals surface area contributed by atoms with Gasteiger partial charge in [0.25, 0.3) is 0 Å². The molecule has 59 heavy (non-hydrogen) atoms. The van der Waals surface area contributed by atoms with E-state index >= 15 is 0 Å². The molecule has 0 aliphatic rings. The van der Waals surface area contributed by atoms with Gasteiger partial charge in [-0.25, -0.2) is 9.97 Å². The first-order chi connectivity index (χ1) is 28.6. The number of hydrogen-bond donors (Lipinski definition) is 5. The van der Waals surface area contributed by atoms with E-state index in [0.717, 1.165) is 10.3 Å². The molecule has 0 saturated heterocycles. The van der Waals surface area contributed by atoms with Crippen molar-refractivity contribution in [3.8, 4) is 0 Å². The maximum atomic E-state index is 14.4. The Morgan fingerprint density at radius 1 is 0.695 bits per heavy atom. The lowest BCUT2D eigenvalue weighted by molar-refractivity contribution is -0.132. The fourth-order valence-corrected chi connectivity index (χ4v) is 7.89. The molecular weight excluding hydrogens is 785 g/mol. The summed E-state index contributed by atoms with van der Waals surface area (Å²) in [6, 6.07) is 29.2. The second kappa shape index (κ2) is 20.7. The quantitative estimate of drug-likeness (QED) is 0.0310. The lowest BCUT2D eigenvalue weighted by Crippen LogP contribution is -2.57. The minimum absolute atomic E-state index is 0.00119. The van der Waals surface area contributed by atoms with Gasteiger partial charge in [0.1, 0.15) is 12.1 Å². The number of fused-ring (bicyclic) bond motifs is 1. The van der Waals surface area contributed by atoms with Gasteiger partial charge in [-0.2, -0.15) is 0 Å². The van der Waals surface area contributed by atoms with Crippen LogP contribution in [0.15, 0.2) is 125 Å². The van der Waals surface area contributed by atoms with Crippen LogP contribution in [0, 0.1) is 0 Å². The molecule has 13 nitrogen and oxygen atoms in total. The van der Waals surface area contributed by atoms with Crippen molar-refractivity contribution in [1.29, 1.82) is 0 Å². The summed E-state index contributed by atoms with van der Waals surface area (Å²) in [6.07, 6.45) is 1.23. The third-order valence-electron chi connectivity index (χ3n) is 9.44. The molecule has 302 valence electrons. The SMILES string of the molecule is NC(N)=NCCC[C@H](NC(=O)[C@H](Cc1ccc(C(=O)c2ccccc2)cc1)NC(=O)[C@H](Cc1cscn1)NC(=O)CCc1ccccc1)C(=O)c1nc2ccccc2s1. The Morgan fingerprint density at radius 3 is 2.02 bits per heavy atom. The molecule has 3 atom stereocenters. The molecule has 0 aliphatic carbocycles. The lowest BCUT2D eigenvalue weighted by atomic mass is 9.98. The largest absolute Gasteiger partial charge is 0.370 e. The van der Waals surface area contributed by atoms with E-state index < -0.39 is 35.7 Å². The molecule has 3 amide bonds. The van der Waals surface area contributed by atoms with Crippen LogP contribution in [0.2, 0.25) is 0 Å². The Bertz CT molecular complexity index is 2350. The van der Waals surface area contributed by atoms with Crippen molar-refractivity contribution < 1.29 is 24.0 Å². The van der Waals surface area contributed by atoms with E-state index in [1.165, 1.54) is 22.7 Å². The number of rotatable bonds is 20. The van der Waals surface area contributed by atoms with Crippen molar-refractivity contribution in [2.24, 2.45) is 16.5 Å². The summed E-state index contributed by atoms with van der Waals surface area (Å²) >= 11 is 2.58. The van der Waals surface area contributed by atoms with Crippen molar-refractivity contribution in [1.82, 2.24) is 25.9 Å². The van der Waals surface area contributed by atoms with E-state index in [1.54, 1.807) is 59.4 Å². The van der Waals surface area contributed by atoms with Crippen LogP contribution in [0.1, 0.15) is 61.8 Å². The van der Waals surface area contributed by atoms with E-state index in [9.17, 15) is 24.0 Å².